The number of halogens is 1. The molecule has 0 saturated carbocycles. The number of hydrogen-bond donors (Lipinski definition) is 2. The summed E-state index contributed by atoms with van der Waals surface area (Å²) in [6.45, 7) is 2.16. The van der Waals surface area contributed by atoms with Gasteiger partial charge in [0.05, 0.1) is 0 Å². The summed E-state index contributed by atoms with van der Waals surface area (Å²) >= 11 is 0. The topological polar surface area (TPSA) is 58.2 Å². The number of aryl methyl sites for hydroxylation is 1. The maximum atomic E-state index is 13.0. The highest BCUT2D eigenvalue weighted by atomic mass is 19.1. The van der Waals surface area contributed by atoms with Crippen molar-refractivity contribution in [1.82, 2.24) is 5.32 Å². The molecule has 0 bridgehead atoms. The maximum absolute atomic E-state index is 13.0. The minimum atomic E-state index is -0.330. The molecule has 23 heavy (non-hydrogen) atoms. The summed E-state index contributed by atoms with van der Waals surface area (Å²) in [4.78, 5) is 23.7. The Kier molecular flexibility index (Phi) is 5.86. The van der Waals surface area contributed by atoms with Crippen molar-refractivity contribution in [3.8, 4) is 0 Å². The fourth-order valence-corrected chi connectivity index (χ4v) is 2.12. The summed E-state index contributed by atoms with van der Waals surface area (Å²) in [6.07, 6.45) is 0.816. The van der Waals surface area contributed by atoms with E-state index in [4.69, 9.17) is 0 Å². The lowest BCUT2D eigenvalue weighted by atomic mass is 10.2. The number of hydrogen-bond acceptors (Lipinski definition) is 2. The summed E-state index contributed by atoms with van der Waals surface area (Å²) in [6, 6.07) is 13.1. The second kappa shape index (κ2) is 8.08. The fraction of sp³-hybridized carbons (Fsp3) is 0.222. The number of benzene rings is 2. The van der Waals surface area contributed by atoms with Crippen LogP contribution < -0.4 is 10.6 Å². The maximum Gasteiger partial charge on any atom is 0.251 e. The van der Waals surface area contributed by atoms with Crippen LogP contribution in [0.1, 0.15) is 28.8 Å². The zero-order chi connectivity index (χ0) is 16.7. The molecule has 2 aromatic rings. The van der Waals surface area contributed by atoms with Gasteiger partial charge in [0.1, 0.15) is 5.82 Å². The van der Waals surface area contributed by atoms with E-state index in [0.717, 1.165) is 0 Å². The molecule has 0 saturated heterocycles. The van der Waals surface area contributed by atoms with Gasteiger partial charge in [-0.1, -0.05) is 18.2 Å². The Hall–Kier alpha value is -2.69. The first-order chi connectivity index (χ1) is 11.1. The van der Waals surface area contributed by atoms with Crippen LogP contribution in [0.5, 0.6) is 0 Å². The van der Waals surface area contributed by atoms with E-state index in [1.807, 2.05) is 6.07 Å². The second-order valence-electron chi connectivity index (χ2n) is 5.23. The number of rotatable bonds is 6. The molecule has 0 aliphatic carbocycles. The molecular formula is C18H19FN2O2. The van der Waals surface area contributed by atoms with E-state index < -0.39 is 0 Å². The smallest absolute Gasteiger partial charge is 0.251 e. The van der Waals surface area contributed by atoms with Crippen molar-refractivity contribution in [2.24, 2.45) is 0 Å². The molecule has 2 rings (SSSR count). The molecule has 0 aromatic heterocycles. The average Bonchev–Trinajstić information content (AvgIpc) is 2.55. The molecular weight excluding hydrogens is 295 g/mol. The Labute approximate surface area is 134 Å². The summed E-state index contributed by atoms with van der Waals surface area (Å²) < 4.78 is 13.0. The van der Waals surface area contributed by atoms with Gasteiger partial charge in [-0.25, -0.2) is 4.39 Å². The van der Waals surface area contributed by atoms with Gasteiger partial charge in [-0.2, -0.15) is 0 Å². The predicted molar refractivity (Wildman–Crippen MR) is 87.8 cm³/mol. The summed E-state index contributed by atoms with van der Waals surface area (Å²) in [5.41, 5.74) is 1.87. The second-order valence-corrected chi connectivity index (χ2v) is 5.23. The Morgan fingerprint density at radius 1 is 1.09 bits per heavy atom. The third kappa shape index (κ3) is 5.21. The van der Waals surface area contributed by atoms with Crippen molar-refractivity contribution in [3.05, 3.63) is 65.5 Å². The minimum absolute atomic E-state index is 0.152. The van der Waals surface area contributed by atoms with Gasteiger partial charge < -0.3 is 10.6 Å². The highest BCUT2D eigenvalue weighted by Crippen LogP contribution is 2.15. The third-order valence-corrected chi connectivity index (χ3v) is 3.36. The van der Waals surface area contributed by atoms with Crippen LogP contribution >= 0.6 is 0 Å². The Morgan fingerprint density at radius 3 is 2.52 bits per heavy atom. The van der Waals surface area contributed by atoms with Crippen LogP contribution in [0.15, 0.2) is 48.5 Å². The van der Waals surface area contributed by atoms with Gasteiger partial charge in [0, 0.05) is 24.2 Å². The molecule has 120 valence electrons. The quantitative estimate of drug-likeness (QED) is 0.804. The van der Waals surface area contributed by atoms with Crippen LogP contribution in [-0.2, 0) is 4.79 Å². The SMILES string of the molecule is Cc1cc(F)ccc1NC(=O)CCCNC(=O)c1ccccc1. The molecule has 0 atom stereocenters. The van der Waals surface area contributed by atoms with Crippen molar-refractivity contribution < 1.29 is 14.0 Å². The van der Waals surface area contributed by atoms with Crippen LogP contribution in [0.4, 0.5) is 10.1 Å². The summed E-state index contributed by atoms with van der Waals surface area (Å²) in [5.74, 6) is -0.641. The van der Waals surface area contributed by atoms with Gasteiger partial charge in [0.25, 0.3) is 5.91 Å². The monoisotopic (exact) mass is 314 g/mol. The van der Waals surface area contributed by atoms with E-state index in [1.165, 1.54) is 12.1 Å². The van der Waals surface area contributed by atoms with Gasteiger partial charge in [0.2, 0.25) is 5.91 Å². The lowest BCUT2D eigenvalue weighted by Gasteiger charge is -2.09. The van der Waals surface area contributed by atoms with Gasteiger partial charge in [-0.15, -0.1) is 0 Å². The minimum Gasteiger partial charge on any atom is -0.352 e. The van der Waals surface area contributed by atoms with Crippen LogP contribution in [0.2, 0.25) is 0 Å². The van der Waals surface area contributed by atoms with Gasteiger partial charge >= 0.3 is 0 Å². The normalized spacial score (nSPS) is 10.2. The van der Waals surface area contributed by atoms with Crippen molar-refractivity contribution >= 4 is 17.5 Å². The molecule has 0 aliphatic heterocycles. The number of anilines is 1. The van der Waals surface area contributed by atoms with Gasteiger partial charge in [0.15, 0.2) is 0 Å². The molecule has 2 aromatic carbocycles. The van der Waals surface area contributed by atoms with Crippen LogP contribution in [0.25, 0.3) is 0 Å². The number of nitrogens with one attached hydrogen (secondary N) is 2. The molecule has 0 heterocycles. The first kappa shape index (κ1) is 16.7. The lowest BCUT2D eigenvalue weighted by Crippen LogP contribution is -2.25. The van der Waals surface area contributed by atoms with Crippen molar-refractivity contribution in [1.29, 1.82) is 0 Å². The fourth-order valence-electron chi connectivity index (χ4n) is 2.12. The van der Waals surface area contributed by atoms with E-state index in [0.29, 0.717) is 29.8 Å². The molecule has 0 unspecified atom stereocenters. The number of carbonyl (C=O) groups excluding carboxylic acids is 2. The molecule has 4 nitrogen and oxygen atoms in total. The van der Waals surface area contributed by atoms with Crippen LogP contribution in [-0.4, -0.2) is 18.4 Å². The van der Waals surface area contributed by atoms with Crippen molar-refractivity contribution in [2.75, 3.05) is 11.9 Å². The third-order valence-electron chi connectivity index (χ3n) is 3.36. The Balaban J connectivity index is 1.72. The lowest BCUT2D eigenvalue weighted by molar-refractivity contribution is -0.116. The molecule has 0 radical (unpaired) electrons. The molecule has 2 amide bonds. The van der Waals surface area contributed by atoms with E-state index >= 15 is 0 Å². The van der Waals surface area contributed by atoms with E-state index in [-0.39, 0.29) is 24.1 Å². The standard InChI is InChI=1S/C18H19FN2O2/c1-13-12-15(19)9-10-16(13)21-17(22)8-5-11-20-18(23)14-6-3-2-4-7-14/h2-4,6-7,9-10,12H,5,8,11H2,1H3,(H,20,23)(H,21,22). The van der Waals surface area contributed by atoms with E-state index in [9.17, 15) is 14.0 Å². The van der Waals surface area contributed by atoms with Crippen LogP contribution in [0, 0.1) is 12.7 Å². The molecule has 0 fully saturated rings. The largest absolute Gasteiger partial charge is 0.352 e. The summed E-state index contributed by atoms with van der Waals surface area (Å²) in [7, 11) is 0. The predicted octanol–water partition coefficient (Wildman–Crippen LogP) is 3.28. The molecule has 2 N–H and O–H groups in total. The highest BCUT2D eigenvalue weighted by Gasteiger charge is 2.07. The van der Waals surface area contributed by atoms with Gasteiger partial charge in [-0.05, 0) is 49.2 Å². The molecule has 5 heteroatoms. The van der Waals surface area contributed by atoms with Crippen molar-refractivity contribution in [2.45, 2.75) is 19.8 Å². The molecule has 0 spiro atoms. The Morgan fingerprint density at radius 2 is 1.83 bits per heavy atom. The number of amides is 2. The summed E-state index contributed by atoms with van der Waals surface area (Å²) in [5, 5.41) is 5.51. The highest BCUT2D eigenvalue weighted by molar-refractivity contribution is 5.94. The van der Waals surface area contributed by atoms with Crippen molar-refractivity contribution in [3.63, 3.8) is 0 Å². The zero-order valence-electron chi connectivity index (χ0n) is 12.9. The average molecular weight is 314 g/mol. The van der Waals surface area contributed by atoms with E-state index in [1.54, 1.807) is 37.3 Å². The van der Waals surface area contributed by atoms with E-state index in [2.05, 4.69) is 10.6 Å². The first-order valence-electron chi connectivity index (χ1n) is 7.45. The first-order valence-corrected chi connectivity index (χ1v) is 7.45. The molecule has 0 aliphatic rings. The number of carbonyl (C=O) groups is 2. The zero-order valence-corrected chi connectivity index (χ0v) is 12.9. The Bertz CT molecular complexity index is 687. The van der Waals surface area contributed by atoms with Gasteiger partial charge in [-0.3, -0.25) is 9.59 Å². The van der Waals surface area contributed by atoms with Crippen LogP contribution in [0.3, 0.4) is 0 Å².